The lowest BCUT2D eigenvalue weighted by atomic mass is 9.98. The minimum absolute atomic E-state index is 0.118. The van der Waals surface area contributed by atoms with Crippen molar-refractivity contribution in [3.63, 3.8) is 0 Å². The molecule has 0 radical (unpaired) electrons. The molecule has 2 aromatic heterocycles. The van der Waals surface area contributed by atoms with E-state index >= 15 is 0 Å². The minimum Gasteiger partial charge on any atom is -0.305 e. The summed E-state index contributed by atoms with van der Waals surface area (Å²) < 4.78 is 1.86. The van der Waals surface area contributed by atoms with E-state index in [0.29, 0.717) is 23.8 Å². The van der Waals surface area contributed by atoms with Crippen LogP contribution in [0.1, 0.15) is 33.1 Å². The summed E-state index contributed by atoms with van der Waals surface area (Å²) in [5.41, 5.74) is 0.942. The molecular weight excluding hydrogens is 322 g/mol. The van der Waals surface area contributed by atoms with Crippen LogP contribution in [0.3, 0.4) is 0 Å². The molecule has 0 N–H and O–H groups in total. The Morgan fingerprint density at radius 1 is 1.21 bits per heavy atom. The quantitative estimate of drug-likeness (QED) is 0.794. The molecule has 24 heavy (non-hydrogen) atoms. The lowest BCUT2D eigenvalue weighted by molar-refractivity contribution is -0.113. The summed E-state index contributed by atoms with van der Waals surface area (Å²) in [6.45, 7) is 4.87. The summed E-state index contributed by atoms with van der Waals surface area (Å²) in [7, 11) is 1.89. The molecule has 0 saturated carbocycles. The van der Waals surface area contributed by atoms with Gasteiger partial charge in [-0.1, -0.05) is 6.42 Å². The zero-order valence-corrected chi connectivity index (χ0v) is 15.2. The second-order valence-electron chi connectivity index (χ2n) is 6.38. The van der Waals surface area contributed by atoms with Crippen molar-refractivity contribution in [1.82, 2.24) is 24.6 Å². The van der Waals surface area contributed by atoms with Gasteiger partial charge in [0.1, 0.15) is 0 Å². The second kappa shape index (κ2) is 7.44. The summed E-state index contributed by atoms with van der Waals surface area (Å²) in [5, 5.41) is 9.14. The Morgan fingerprint density at radius 3 is 2.54 bits per heavy atom. The number of carbonyl (C=O) groups is 1. The van der Waals surface area contributed by atoms with Gasteiger partial charge < -0.3 is 4.57 Å². The van der Waals surface area contributed by atoms with Crippen molar-refractivity contribution in [2.75, 3.05) is 6.54 Å². The number of piperidine rings is 1. The molecule has 128 valence electrons. The first kappa shape index (κ1) is 17.1. The van der Waals surface area contributed by atoms with E-state index in [2.05, 4.69) is 33.9 Å². The lowest BCUT2D eigenvalue weighted by Gasteiger charge is -2.38. The zero-order chi connectivity index (χ0) is 17.1. The Morgan fingerprint density at radius 2 is 1.88 bits per heavy atom. The summed E-state index contributed by atoms with van der Waals surface area (Å²) in [4.78, 5) is 18.8. The molecule has 3 heterocycles. The molecule has 6 nitrogen and oxygen atoms in total. The number of rotatable bonds is 4. The number of aromatic nitrogens is 4. The van der Waals surface area contributed by atoms with Crippen LogP contribution in [0.2, 0.25) is 0 Å². The standard InChI is InChI=1S/C17H23N5OS/c1-12-5-4-6-13(2)22(12)11-15(23)24-17-20-19-16(21(17)3)14-7-9-18-10-8-14/h7-10,12-13H,4-6,11H2,1-3H3. The van der Waals surface area contributed by atoms with E-state index in [1.54, 1.807) is 12.4 Å². The zero-order valence-electron chi connectivity index (χ0n) is 14.3. The normalized spacial score (nSPS) is 21.8. The van der Waals surface area contributed by atoms with Crippen molar-refractivity contribution in [2.24, 2.45) is 7.05 Å². The maximum atomic E-state index is 12.5. The largest absolute Gasteiger partial charge is 0.305 e. The number of likely N-dealkylation sites (tertiary alicyclic amines) is 1. The highest BCUT2D eigenvalue weighted by molar-refractivity contribution is 8.13. The molecule has 1 aliphatic heterocycles. The molecule has 1 saturated heterocycles. The predicted octanol–water partition coefficient (Wildman–Crippen LogP) is 2.76. The van der Waals surface area contributed by atoms with E-state index < -0.39 is 0 Å². The number of thioether (sulfide) groups is 1. The minimum atomic E-state index is 0.118. The molecule has 0 spiro atoms. The van der Waals surface area contributed by atoms with E-state index in [1.165, 1.54) is 31.0 Å². The lowest BCUT2D eigenvalue weighted by Crippen LogP contribution is -2.45. The van der Waals surface area contributed by atoms with E-state index in [4.69, 9.17) is 0 Å². The average Bonchev–Trinajstić information content (AvgIpc) is 2.93. The van der Waals surface area contributed by atoms with Gasteiger partial charge in [-0.3, -0.25) is 14.7 Å². The van der Waals surface area contributed by atoms with E-state index in [0.717, 1.165) is 11.4 Å². The molecule has 1 aliphatic rings. The Bertz CT molecular complexity index is 692. The van der Waals surface area contributed by atoms with Gasteiger partial charge in [-0.15, -0.1) is 10.2 Å². The predicted molar refractivity (Wildman–Crippen MR) is 94.6 cm³/mol. The highest BCUT2D eigenvalue weighted by Crippen LogP contribution is 2.26. The highest BCUT2D eigenvalue weighted by Gasteiger charge is 2.27. The molecule has 0 aliphatic carbocycles. The summed E-state index contributed by atoms with van der Waals surface area (Å²) in [6, 6.07) is 4.70. The third-order valence-corrected chi connectivity index (χ3v) is 5.56. The summed E-state index contributed by atoms with van der Waals surface area (Å²) >= 11 is 1.18. The van der Waals surface area contributed by atoms with Gasteiger partial charge >= 0.3 is 0 Å². The number of pyridine rings is 1. The van der Waals surface area contributed by atoms with Crippen molar-refractivity contribution in [1.29, 1.82) is 0 Å². The Balaban J connectivity index is 1.68. The van der Waals surface area contributed by atoms with E-state index in [-0.39, 0.29) is 5.12 Å². The van der Waals surface area contributed by atoms with Crippen LogP contribution in [-0.4, -0.2) is 48.4 Å². The van der Waals surface area contributed by atoms with Gasteiger partial charge in [-0.25, -0.2) is 0 Å². The number of carbonyl (C=O) groups excluding carboxylic acids is 1. The van der Waals surface area contributed by atoms with Crippen LogP contribution in [-0.2, 0) is 11.8 Å². The molecule has 2 atom stereocenters. The third-order valence-electron chi connectivity index (χ3n) is 4.67. The van der Waals surface area contributed by atoms with Crippen LogP contribution in [0.25, 0.3) is 11.4 Å². The number of hydrogen-bond acceptors (Lipinski definition) is 6. The fourth-order valence-corrected chi connectivity index (χ4v) is 3.95. The van der Waals surface area contributed by atoms with Gasteiger partial charge in [0.15, 0.2) is 11.0 Å². The fraction of sp³-hybridized carbons (Fsp3) is 0.529. The first-order valence-corrected chi connectivity index (χ1v) is 9.14. The van der Waals surface area contributed by atoms with E-state index in [9.17, 15) is 4.79 Å². The van der Waals surface area contributed by atoms with Crippen molar-refractivity contribution >= 4 is 16.9 Å². The molecule has 3 rings (SSSR count). The van der Waals surface area contributed by atoms with Crippen LogP contribution in [0.15, 0.2) is 29.7 Å². The molecule has 2 unspecified atom stereocenters. The van der Waals surface area contributed by atoms with Crippen LogP contribution < -0.4 is 0 Å². The molecule has 7 heteroatoms. The molecule has 0 amide bonds. The Labute approximate surface area is 146 Å². The van der Waals surface area contributed by atoms with Crippen LogP contribution in [0, 0.1) is 0 Å². The molecular formula is C17H23N5OS. The van der Waals surface area contributed by atoms with Crippen molar-refractivity contribution in [2.45, 2.75) is 50.4 Å². The topological polar surface area (TPSA) is 63.9 Å². The summed E-state index contributed by atoms with van der Waals surface area (Å²) in [5.74, 6) is 0.743. The van der Waals surface area contributed by atoms with Crippen molar-refractivity contribution in [3.05, 3.63) is 24.5 Å². The van der Waals surface area contributed by atoms with Gasteiger partial charge in [0.05, 0.1) is 6.54 Å². The molecule has 0 aromatic carbocycles. The van der Waals surface area contributed by atoms with Crippen LogP contribution in [0.4, 0.5) is 0 Å². The van der Waals surface area contributed by atoms with Gasteiger partial charge in [0.25, 0.3) is 0 Å². The smallest absolute Gasteiger partial charge is 0.210 e. The fourth-order valence-electron chi connectivity index (χ4n) is 3.23. The maximum absolute atomic E-state index is 12.5. The maximum Gasteiger partial charge on any atom is 0.210 e. The van der Waals surface area contributed by atoms with Crippen LogP contribution in [0.5, 0.6) is 0 Å². The molecule has 2 aromatic rings. The average molecular weight is 345 g/mol. The first-order valence-electron chi connectivity index (χ1n) is 8.32. The second-order valence-corrected chi connectivity index (χ2v) is 7.40. The third kappa shape index (κ3) is 3.67. The van der Waals surface area contributed by atoms with Crippen LogP contribution >= 0.6 is 11.8 Å². The Kier molecular flexibility index (Phi) is 5.30. The number of nitrogens with zero attached hydrogens (tertiary/aromatic N) is 5. The highest BCUT2D eigenvalue weighted by atomic mass is 32.2. The molecule has 1 fully saturated rings. The SMILES string of the molecule is CC1CCCC(C)N1CC(=O)Sc1nnc(-c2ccncc2)n1C. The van der Waals surface area contributed by atoms with Crippen molar-refractivity contribution in [3.8, 4) is 11.4 Å². The van der Waals surface area contributed by atoms with E-state index in [1.807, 2.05) is 23.7 Å². The van der Waals surface area contributed by atoms with Gasteiger partial charge in [-0.05, 0) is 50.6 Å². The van der Waals surface area contributed by atoms with Gasteiger partial charge in [0.2, 0.25) is 5.12 Å². The molecule has 0 bridgehead atoms. The monoisotopic (exact) mass is 345 g/mol. The summed E-state index contributed by atoms with van der Waals surface area (Å²) in [6.07, 6.45) is 7.03. The first-order chi connectivity index (χ1) is 11.6. The van der Waals surface area contributed by atoms with Gasteiger partial charge in [0, 0.05) is 37.1 Å². The van der Waals surface area contributed by atoms with Gasteiger partial charge in [-0.2, -0.15) is 0 Å². The van der Waals surface area contributed by atoms with Crippen molar-refractivity contribution < 1.29 is 4.79 Å². The Hall–Kier alpha value is -1.73. The number of hydrogen-bond donors (Lipinski definition) is 0.